The molecule has 0 unspecified atom stereocenters. The number of amides is 3. The maximum absolute atomic E-state index is 13.4. The van der Waals surface area contributed by atoms with E-state index < -0.39 is 0 Å². The molecule has 2 aliphatic rings. The Morgan fingerprint density at radius 1 is 1.03 bits per heavy atom. The van der Waals surface area contributed by atoms with E-state index in [4.69, 9.17) is 5.26 Å². The van der Waals surface area contributed by atoms with Gasteiger partial charge >= 0.3 is 6.03 Å². The van der Waals surface area contributed by atoms with Crippen molar-refractivity contribution < 1.29 is 9.59 Å². The standard InChI is InChI=1S/C25H31N5O2/c1-28-15-5-8-23(28)17-29(22-13-14-22)24(31)18-30(21-6-3-2-4-7-21)25(32)27-20-11-9-19(16-26)10-12-20/h5,8-12,15,21-22H,2-4,6-7,13-14,17-18H2,1H3,(H,27,32). The molecule has 0 aliphatic heterocycles. The van der Waals surface area contributed by atoms with Crippen LogP contribution in [0.15, 0.2) is 42.6 Å². The number of hydrogen-bond acceptors (Lipinski definition) is 3. The van der Waals surface area contributed by atoms with Crippen LogP contribution >= 0.6 is 0 Å². The van der Waals surface area contributed by atoms with Gasteiger partial charge in [0, 0.05) is 36.7 Å². The number of urea groups is 1. The van der Waals surface area contributed by atoms with Crippen LogP contribution in [0.5, 0.6) is 0 Å². The molecule has 2 saturated carbocycles. The Morgan fingerprint density at radius 3 is 2.31 bits per heavy atom. The fourth-order valence-electron chi connectivity index (χ4n) is 4.46. The van der Waals surface area contributed by atoms with Gasteiger partial charge in [-0.25, -0.2) is 4.79 Å². The maximum atomic E-state index is 13.4. The topological polar surface area (TPSA) is 81.4 Å². The number of hydrogen-bond donors (Lipinski definition) is 1. The van der Waals surface area contributed by atoms with E-state index in [0.717, 1.165) is 44.2 Å². The van der Waals surface area contributed by atoms with Crippen molar-refractivity contribution in [1.82, 2.24) is 14.4 Å². The lowest BCUT2D eigenvalue weighted by atomic mass is 9.94. The minimum atomic E-state index is -0.246. The van der Waals surface area contributed by atoms with Gasteiger partial charge in [0.1, 0.15) is 6.54 Å². The number of carbonyl (C=O) groups is 2. The second-order valence-corrected chi connectivity index (χ2v) is 8.90. The maximum Gasteiger partial charge on any atom is 0.322 e. The average molecular weight is 434 g/mol. The average Bonchev–Trinajstić information content (AvgIpc) is 3.58. The second kappa shape index (κ2) is 9.90. The molecule has 0 atom stereocenters. The van der Waals surface area contributed by atoms with E-state index in [-0.39, 0.29) is 30.6 Å². The van der Waals surface area contributed by atoms with E-state index >= 15 is 0 Å². The molecule has 168 valence electrons. The molecule has 0 spiro atoms. The van der Waals surface area contributed by atoms with E-state index in [1.165, 1.54) is 6.42 Å². The molecule has 32 heavy (non-hydrogen) atoms. The molecule has 1 aromatic carbocycles. The summed E-state index contributed by atoms with van der Waals surface area (Å²) in [5.74, 6) is 0.00857. The highest BCUT2D eigenvalue weighted by Crippen LogP contribution is 2.30. The zero-order valence-corrected chi connectivity index (χ0v) is 18.7. The van der Waals surface area contributed by atoms with Crippen LogP contribution in [0.3, 0.4) is 0 Å². The highest BCUT2D eigenvalue weighted by molar-refractivity contribution is 5.92. The molecule has 7 nitrogen and oxygen atoms in total. The van der Waals surface area contributed by atoms with Crippen molar-refractivity contribution in [1.29, 1.82) is 5.26 Å². The number of aryl methyl sites for hydroxylation is 1. The van der Waals surface area contributed by atoms with Crippen molar-refractivity contribution in [2.24, 2.45) is 7.05 Å². The SMILES string of the molecule is Cn1cccc1CN(C(=O)CN(C(=O)Nc1ccc(C#N)cc1)C1CCCCC1)C1CC1. The molecule has 0 bridgehead atoms. The molecular weight excluding hydrogens is 402 g/mol. The third-order valence-electron chi connectivity index (χ3n) is 6.54. The van der Waals surface area contributed by atoms with Gasteiger partial charge in [0.25, 0.3) is 0 Å². The van der Waals surface area contributed by atoms with Gasteiger partial charge < -0.3 is 19.7 Å². The summed E-state index contributed by atoms with van der Waals surface area (Å²) in [5.41, 5.74) is 2.27. The molecule has 1 aromatic heterocycles. The van der Waals surface area contributed by atoms with Crippen LogP contribution in [0.25, 0.3) is 0 Å². The molecule has 4 rings (SSSR count). The molecular formula is C25H31N5O2. The van der Waals surface area contributed by atoms with Crippen LogP contribution in [0.4, 0.5) is 10.5 Å². The number of anilines is 1. The van der Waals surface area contributed by atoms with Gasteiger partial charge in [-0.2, -0.15) is 5.26 Å². The number of benzene rings is 1. The summed E-state index contributed by atoms with van der Waals surface area (Å²) in [6, 6.07) is 13.0. The van der Waals surface area contributed by atoms with Crippen molar-refractivity contribution in [2.75, 3.05) is 11.9 Å². The van der Waals surface area contributed by atoms with Crippen LogP contribution in [-0.2, 0) is 18.4 Å². The number of nitrogens with one attached hydrogen (secondary N) is 1. The fraction of sp³-hybridized carbons (Fsp3) is 0.480. The first-order chi connectivity index (χ1) is 15.5. The summed E-state index contributed by atoms with van der Waals surface area (Å²) in [4.78, 5) is 30.4. The Balaban J connectivity index is 1.48. The van der Waals surface area contributed by atoms with Crippen LogP contribution < -0.4 is 5.32 Å². The first kappa shape index (κ1) is 21.9. The summed E-state index contributed by atoms with van der Waals surface area (Å²) in [5, 5.41) is 11.9. The highest BCUT2D eigenvalue weighted by Gasteiger charge is 2.35. The Kier molecular flexibility index (Phi) is 6.79. The predicted molar refractivity (Wildman–Crippen MR) is 123 cm³/mol. The zero-order chi connectivity index (χ0) is 22.5. The largest absolute Gasteiger partial charge is 0.353 e. The third-order valence-corrected chi connectivity index (χ3v) is 6.54. The molecule has 1 heterocycles. The van der Waals surface area contributed by atoms with Gasteiger partial charge in [0.2, 0.25) is 5.91 Å². The zero-order valence-electron chi connectivity index (χ0n) is 18.7. The lowest BCUT2D eigenvalue weighted by molar-refractivity contribution is -0.133. The molecule has 3 amide bonds. The van der Waals surface area contributed by atoms with E-state index in [0.29, 0.717) is 17.8 Å². The summed E-state index contributed by atoms with van der Waals surface area (Å²) in [6.45, 7) is 0.663. The molecule has 0 radical (unpaired) electrons. The van der Waals surface area contributed by atoms with Gasteiger partial charge in [0.05, 0.1) is 18.2 Å². The van der Waals surface area contributed by atoms with Gasteiger partial charge in [-0.05, 0) is 62.1 Å². The Bertz CT molecular complexity index is 981. The Labute approximate surface area is 189 Å². The van der Waals surface area contributed by atoms with E-state index in [2.05, 4.69) is 11.4 Å². The lowest BCUT2D eigenvalue weighted by Crippen LogP contribution is -2.50. The molecule has 2 aliphatic carbocycles. The van der Waals surface area contributed by atoms with Gasteiger partial charge in [-0.3, -0.25) is 4.79 Å². The molecule has 0 saturated heterocycles. The van der Waals surface area contributed by atoms with Crippen LogP contribution in [0, 0.1) is 11.3 Å². The third kappa shape index (κ3) is 5.31. The minimum absolute atomic E-state index is 0.00857. The normalized spacial score (nSPS) is 16.2. The number of nitrogens with zero attached hydrogens (tertiary/aromatic N) is 4. The van der Waals surface area contributed by atoms with E-state index in [1.807, 2.05) is 34.8 Å². The van der Waals surface area contributed by atoms with Crippen molar-refractivity contribution in [2.45, 2.75) is 63.6 Å². The Hall–Kier alpha value is -3.27. The summed E-state index contributed by atoms with van der Waals surface area (Å²) in [7, 11) is 1.99. The van der Waals surface area contributed by atoms with Crippen LogP contribution in [-0.4, -0.2) is 44.9 Å². The van der Waals surface area contributed by atoms with Gasteiger partial charge in [-0.15, -0.1) is 0 Å². The van der Waals surface area contributed by atoms with Gasteiger partial charge in [-0.1, -0.05) is 19.3 Å². The molecule has 2 aromatic rings. The first-order valence-corrected chi connectivity index (χ1v) is 11.5. The summed E-state index contributed by atoms with van der Waals surface area (Å²) < 4.78 is 2.04. The summed E-state index contributed by atoms with van der Waals surface area (Å²) >= 11 is 0. The smallest absolute Gasteiger partial charge is 0.322 e. The van der Waals surface area contributed by atoms with E-state index in [9.17, 15) is 9.59 Å². The van der Waals surface area contributed by atoms with Crippen molar-refractivity contribution in [3.8, 4) is 6.07 Å². The first-order valence-electron chi connectivity index (χ1n) is 11.5. The number of rotatable bonds is 7. The highest BCUT2D eigenvalue weighted by atomic mass is 16.2. The van der Waals surface area contributed by atoms with Crippen LogP contribution in [0.2, 0.25) is 0 Å². The van der Waals surface area contributed by atoms with Crippen molar-refractivity contribution >= 4 is 17.6 Å². The number of nitriles is 1. The van der Waals surface area contributed by atoms with Crippen molar-refractivity contribution in [3.05, 3.63) is 53.9 Å². The van der Waals surface area contributed by atoms with Crippen LogP contribution in [0.1, 0.15) is 56.2 Å². The monoisotopic (exact) mass is 433 g/mol. The molecule has 7 heteroatoms. The minimum Gasteiger partial charge on any atom is -0.353 e. The number of carbonyl (C=O) groups excluding carboxylic acids is 2. The Morgan fingerprint density at radius 2 is 1.72 bits per heavy atom. The quantitative estimate of drug-likeness (QED) is 0.709. The lowest BCUT2D eigenvalue weighted by Gasteiger charge is -2.35. The summed E-state index contributed by atoms with van der Waals surface area (Å²) in [6.07, 6.45) is 9.23. The predicted octanol–water partition coefficient (Wildman–Crippen LogP) is 4.25. The molecule has 1 N–H and O–H groups in total. The van der Waals surface area contributed by atoms with E-state index in [1.54, 1.807) is 29.2 Å². The van der Waals surface area contributed by atoms with Crippen molar-refractivity contribution in [3.63, 3.8) is 0 Å². The van der Waals surface area contributed by atoms with Gasteiger partial charge in [0.15, 0.2) is 0 Å². The fourth-order valence-corrected chi connectivity index (χ4v) is 4.46. The molecule has 2 fully saturated rings. The second-order valence-electron chi connectivity index (χ2n) is 8.90. The number of aromatic nitrogens is 1.